The summed E-state index contributed by atoms with van der Waals surface area (Å²) >= 11 is 1.81. The first kappa shape index (κ1) is 25.4. The molecule has 0 atom stereocenters. The first-order chi connectivity index (χ1) is 22.8. The number of anilines is 3. The zero-order valence-electron chi connectivity index (χ0n) is 24.5. The van der Waals surface area contributed by atoms with Gasteiger partial charge in [0.2, 0.25) is 0 Å². The molecule has 0 aliphatic rings. The van der Waals surface area contributed by atoms with Crippen LogP contribution in [0.2, 0.25) is 0 Å². The molecule has 10 rings (SSSR count). The van der Waals surface area contributed by atoms with E-state index in [0.717, 1.165) is 72.2 Å². The van der Waals surface area contributed by atoms with Crippen molar-refractivity contribution in [3.8, 4) is 11.3 Å². The summed E-state index contributed by atoms with van der Waals surface area (Å²) in [5.41, 5.74) is 8.54. The van der Waals surface area contributed by atoms with Crippen molar-refractivity contribution >= 4 is 92.4 Å². The Morgan fingerprint density at radius 2 is 0.978 bits per heavy atom. The Morgan fingerprint density at radius 1 is 0.435 bits per heavy atom. The molecule has 5 heteroatoms. The zero-order chi connectivity index (χ0) is 30.2. The van der Waals surface area contributed by atoms with Crippen molar-refractivity contribution in [3.05, 3.63) is 146 Å². The number of nitrogens with zero attached hydrogens (tertiary/aromatic N) is 2. The molecule has 0 N–H and O–H groups in total. The van der Waals surface area contributed by atoms with Gasteiger partial charge in [0, 0.05) is 82.7 Å². The van der Waals surface area contributed by atoms with Gasteiger partial charge in [-0.25, -0.2) is 0 Å². The van der Waals surface area contributed by atoms with Gasteiger partial charge in [0.1, 0.15) is 22.3 Å². The highest BCUT2D eigenvalue weighted by Crippen LogP contribution is 2.41. The summed E-state index contributed by atoms with van der Waals surface area (Å²) in [6, 6.07) is 48.6. The Hall–Kier alpha value is -5.91. The number of para-hydroxylation sites is 2. The lowest BCUT2D eigenvalue weighted by Gasteiger charge is -2.25. The van der Waals surface area contributed by atoms with Crippen molar-refractivity contribution in [1.82, 2.24) is 4.98 Å². The summed E-state index contributed by atoms with van der Waals surface area (Å²) in [7, 11) is 0. The van der Waals surface area contributed by atoms with Gasteiger partial charge < -0.3 is 13.7 Å². The lowest BCUT2D eigenvalue weighted by Crippen LogP contribution is -2.09. The van der Waals surface area contributed by atoms with Gasteiger partial charge in [0.05, 0.1) is 5.69 Å². The molecule has 0 aliphatic carbocycles. The fourth-order valence-electron chi connectivity index (χ4n) is 6.71. The van der Waals surface area contributed by atoms with Gasteiger partial charge in [0.25, 0.3) is 0 Å². The van der Waals surface area contributed by atoms with E-state index in [1.165, 1.54) is 20.2 Å². The maximum absolute atomic E-state index is 6.31. The van der Waals surface area contributed by atoms with E-state index in [4.69, 9.17) is 13.8 Å². The van der Waals surface area contributed by atoms with E-state index in [0.29, 0.717) is 0 Å². The second kappa shape index (κ2) is 9.80. The number of furan rings is 2. The number of fused-ring (bicyclic) bond motifs is 9. The molecule has 216 valence electrons. The minimum Gasteiger partial charge on any atom is -0.456 e. The fourth-order valence-corrected chi connectivity index (χ4v) is 7.83. The van der Waals surface area contributed by atoms with Crippen LogP contribution in [0.15, 0.2) is 155 Å². The van der Waals surface area contributed by atoms with Crippen molar-refractivity contribution in [2.24, 2.45) is 0 Å². The molecule has 0 spiro atoms. The first-order valence-electron chi connectivity index (χ1n) is 15.3. The lowest BCUT2D eigenvalue weighted by molar-refractivity contribution is 0.669. The van der Waals surface area contributed by atoms with Gasteiger partial charge in [-0.15, -0.1) is 11.3 Å². The van der Waals surface area contributed by atoms with Crippen LogP contribution in [-0.2, 0) is 0 Å². The van der Waals surface area contributed by atoms with Gasteiger partial charge in [-0.05, 0) is 60.7 Å². The number of rotatable bonds is 4. The van der Waals surface area contributed by atoms with Crippen LogP contribution in [-0.4, -0.2) is 4.98 Å². The van der Waals surface area contributed by atoms with Crippen molar-refractivity contribution in [2.75, 3.05) is 4.90 Å². The molecule has 0 saturated carbocycles. The summed E-state index contributed by atoms with van der Waals surface area (Å²) in [4.78, 5) is 7.12. The van der Waals surface area contributed by atoms with Crippen LogP contribution in [0.3, 0.4) is 0 Å². The Kier molecular flexibility index (Phi) is 5.41. The smallest absolute Gasteiger partial charge is 0.137 e. The van der Waals surface area contributed by atoms with E-state index in [9.17, 15) is 0 Å². The molecule has 0 bridgehead atoms. The first-order valence-corrected chi connectivity index (χ1v) is 16.1. The number of benzene rings is 6. The van der Waals surface area contributed by atoms with E-state index >= 15 is 0 Å². The molecule has 4 heterocycles. The van der Waals surface area contributed by atoms with Gasteiger partial charge in [-0.2, -0.15) is 0 Å². The molecule has 0 saturated heterocycles. The highest BCUT2D eigenvalue weighted by Gasteiger charge is 2.18. The van der Waals surface area contributed by atoms with Gasteiger partial charge in [-0.1, -0.05) is 66.7 Å². The molecular formula is C41H24N2O2S. The van der Waals surface area contributed by atoms with Crippen LogP contribution in [0.5, 0.6) is 0 Å². The minimum absolute atomic E-state index is 0.853. The van der Waals surface area contributed by atoms with Crippen LogP contribution in [0.4, 0.5) is 17.1 Å². The predicted octanol–water partition coefficient (Wildman–Crippen LogP) is 12.4. The third kappa shape index (κ3) is 3.89. The number of aromatic nitrogens is 1. The SMILES string of the molecule is c1ccc2c(c1)oc1cc(N(c3ccc(-c4cc5sc6ccccc6c5cn4)cc3)c3ccc4c(c3)oc3ccccc34)ccc12. The standard InChI is InChI=1S/C41H24N2O2S/c1-4-10-36-29(7-1)31-19-17-27(21-38(31)44-36)43(28-18-20-32-30-8-2-5-11-37(30)45-39(32)22-28)26-15-13-25(14-16-26)35-23-41-34(24-42-35)33-9-3-6-12-40(33)46-41/h1-24H. The lowest BCUT2D eigenvalue weighted by atomic mass is 10.1. The van der Waals surface area contributed by atoms with Crippen LogP contribution in [0, 0.1) is 0 Å². The summed E-state index contributed by atoms with van der Waals surface area (Å²) in [5, 5.41) is 6.90. The average molecular weight is 609 g/mol. The molecular weight excluding hydrogens is 585 g/mol. The number of hydrogen-bond acceptors (Lipinski definition) is 5. The van der Waals surface area contributed by atoms with Crippen LogP contribution < -0.4 is 4.90 Å². The highest BCUT2D eigenvalue weighted by atomic mass is 32.1. The molecule has 0 amide bonds. The van der Waals surface area contributed by atoms with Crippen LogP contribution in [0.25, 0.3) is 75.3 Å². The number of pyridine rings is 1. The topological polar surface area (TPSA) is 42.4 Å². The fraction of sp³-hybridized carbons (Fsp3) is 0. The van der Waals surface area contributed by atoms with Crippen molar-refractivity contribution in [1.29, 1.82) is 0 Å². The third-order valence-electron chi connectivity index (χ3n) is 8.93. The third-order valence-corrected chi connectivity index (χ3v) is 10.1. The Bertz CT molecular complexity index is 2660. The molecule has 0 fully saturated rings. The van der Waals surface area contributed by atoms with E-state index < -0.39 is 0 Å². The van der Waals surface area contributed by atoms with Gasteiger partial charge >= 0.3 is 0 Å². The quantitative estimate of drug-likeness (QED) is 0.199. The summed E-state index contributed by atoms with van der Waals surface area (Å²) < 4.78 is 15.1. The zero-order valence-corrected chi connectivity index (χ0v) is 25.3. The molecule has 0 radical (unpaired) electrons. The van der Waals surface area contributed by atoms with E-state index in [1.807, 2.05) is 41.8 Å². The van der Waals surface area contributed by atoms with Crippen molar-refractivity contribution in [3.63, 3.8) is 0 Å². The number of thiophene rings is 1. The summed E-state index contributed by atoms with van der Waals surface area (Å²) in [6.07, 6.45) is 2.01. The Labute approximate surface area is 267 Å². The molecule has 4 nitrogen and oxygen atoms in total. The highest BCUT2D eigenvalue weighted by molar-refractivity contribution is 7.25. The van der Waals surface area contributed by atoms with Crippen LogP contribution in [0.1, 0.15) is 0 Å². The predicted molar refractivity (Wildman–Crippen MR) is 192 cm³/mol. The second-order valence-electron chi connectivity index (χ2n) is 11.6. The Balaban J connectivity index is 1.11. The van der Waals surface area contributed by atoms with E-state index in [2.05, 4.69) is 120 Å². The molecule has 10 aromatic rings. The van der Waals surface area contributed by atoms with E-state index in [1.54, 1.807) is 0 Å². The van der Waals surface area contributed by atoms with Crippen LogP contribution >= 0.6 is 11.3 Å². The normalized spacial score (nSPS) is 11.9. The second-order valence-corrected chi connectivity index (χ2v) is 12.7. The maximum atomic E-state index is 6.31. The van der Waals surface area contributed by atoms with Gasteiger partial charge in [0.15, 0.2) is 0 Å². The van der Waals surface area contributed by atoms with Gasteiger partial charge in [-0.3, -0.25) is 4.98 Å². The largest absolute Gasteiger partial charge is 0.456 e. The minimum atomic E-state index is 0.853. The Morgan fingerprint density at radius 3 is 1.63 bits per heavy atom. The number of hydrogen-bond donors (Lipinski definition) is 0. The molecule has 0 aliphatic heterocycles. The summed E-state index contributed by atoms with van der Waals surface area (Å²) in [5.74, 6) is 0. The average Bonchev–Trinajstić information content (AvgIpc) is 3.79. The molecule has 6 aromatic carbocycles. The van der Waals surface area contributed by atoms with E-state index in [-0.39, 0.29) is 0 Å². The molecule has 46 heavy (non-hydrogen) atoms. The maximum Gasteiger partial charge on any atom is 0.137 e. The van der Waals surface area contributed by atoms with Crippen molar-refractivity contribution in [2.45, 2.75) is 0 Å². The molecule has 4 aromatic heterocycles. The summed E-state index contributed by atoms with van der Waals surface area (Å²) in [6.45, 7) is 0. The monoisotopic (exact) mass is 608 g/mol. The van der Waals surface area contributed by atoms with Crippen molar-refractivity contribution < 1.29 is 8.83 Å². The molecule has 0 unspecified atom stereocenters.